The summed E-state index contributed by atoms with van der Waals surface area (Å²) in [5.41, 5.74) is 17.9. The molecule has 0 bridgehead atoms. The fourth-order valence-corrected chi connectivity index (χ4v) is 11.6. The van der Waals surface area contributed by atoms with E-state index in [0.29, 0.717) is 5.92 Å². The lowest BCUT2D eigenvalue weighted by atomic mass is 9.66. The number of hydrogen-bond donors (Lipinski definition) is 0. The van der Waals surface area contributed by atoms with E-state index in [1.807, 2.05) is 6.20 Å². The average Bonchev–Trinajstić information content (AvgIpc) is 3.88. The SMILES string of the molecule is Cc1cc(C)c(N2C(c3ccc(C)c(-n4c5ccc(C)cc5c5ccc(-n6c7ccc(C(C)C)cc7c7cccnc76)cc54)c3)=NC(C)(C)[C@]2(C)C(c2ccccc2)c2ccccc2)c(C)c1. The molecule has 67 heavy (non-hydrogen) atoms. The molecule has 1 atom stereocenters. The monoisotopic (exact) mass is 873 g/mol. The van der Waals surface area contributed by atoms with E-state index in [9.17, 15) is 0 Å². The normalized spacial score (nSPS) is 16.1. The number of pyridine rings is 1. The molecule has 332 valence electrons. The van der Waals surface area contributed by atoms with E-state index in [4.69, 9.17) is 9.98 Å². The van der Waals surface area contributed by atoms with Crippen molar-refractivity contribution in [1.29, 1.82) is 0 Å². The predicted molar refractivity (Wildman–Crippen MR) is 283 cm³/mol. The summed E-state index contributed by atoms with van der Waals surface area (Å²) in [5.74, 6) is 1.40. The second-order valence-corrected chi connectivity index (χ2v) is 20.2. The number of fused-ring (bicyclic) bond motifs is 6. The highest BCUT2D eigenvalue weighted by Crippen LogP contribution is 2.54. The van der Waals surface area contributed by atoms with Crippen molar-refractivity contribution in [3.05, 3.63) is 214 Å². The van der Waals surface area contributed by atoms with Gasteiger partial charge in [-0.1, -0.05) is 128 Å². The van der Waals surface area contributed by atoms with Crippen LogP contribution in [0, 0.1) is 34.6 Å². The van der Waals surface area contributed by atoms with Crippen LogP contribution >= 0.6 is 0 Å². The summed E-state index contributed by atoms with van der Waals surface area (Å²) in [6.07, 6.45) is 1.91. The van der Waals surface area contributed by atoms with Crippen LogP contribution in [0.4, 0.5) is 5.69 Å². The molecule has 4 heterocycles. The molecule has 0 amide bonds. The van der Waals surface area contributed by atoms with Crippen molar-refractivity contribution in [2.24, 2.45) is 4.99 Å². The molecule has 5 nitrogen and oxygen atoms in total. The van der Waals surface area contributed by atoms with Gasteiger partial charge in [-0.25, -0.2) is 4.98 Å². The largest absolute Gasteiger partial charge is 0.316 e. The highest BCUT2D eigenvalue weighted by Gasteiger charge is 2.58. The van der Waals surface area contributed by atoms with Gasteiger partial charge in [0.2, 0.25) is 0 Å². The Morgan fingerprint density at radius 1 is 0.493 bits per heavy atom. The summed E-state index contributed by atoms with van der Waals surface area (Å²) < 4.78 is 4.84. The third-order valence-electron chi connectivity index (χ3n) is 15.1. The van der Waals surface area contributed by atoms with Gasteiger partial charge in [0, 0.05) is 56.3 Å². The fraction of sp³-hybridized carbons (Fsp3) is 0.226. The minimum atomic E-state index is -0.535. The molecular weight excluding hydrogens is 815 g/mol. The molecule has 3 aromatic heterocycles. The number of aromatic nitrogens is 3. The average molecular weight is 874 g/mol. The van der Waals surface area contributed by atoms with Crippen LogP contribution in [0.3, 0.4) is 0 Å². The Kier molecular flexibility index (Phi) is 9.93. The molecule has 11 rings (SSSR count). The molecule has 5 heteroatoms. The molecule has 10 aromatic rings. The van der Waals surface area contributed by atoms with Crippen LogP contribution in [-0.2, 0) is 0 Å². The van der Waals surface area contributed by atoms with Crippen molar-refractivity contribution in [1.82, 2.24) is 14.1 Å². The van der Waals surface area contributed by atoms with Gasteiger partial charge in [0.15, 0.2) is 0 Å². The first-order valence-corrected chi connectivity index (χ1v) is 23.9. The zero-order valence-electron chi connectivity index (χ0n) is 40.5. The van der Waals surface area contributed by atoms with Crippen molar-refractivity contribution in [2.75, 3.05) is 4.90 Å². The van der Waals surface area contributed by atoms with E-state index in [1.165, 1.54) is 71.9 Å². The van der Waals surface area contributed by atoms with Gasteiger partial charge in [0.05, 0.1) is 27.6 Å². The molecule has 0 radical (unpaired) electrons. The van der Waals surface area contributed by atoms with E-state index >= 15 is 0 Å². The lowest BCUT2D eigenvalue weighted by molar-refractivity contribution is 0.279. The summed E-state index contributed by atoms with van der Waals surface area (Å²) in [4.78, 5) is 13.6. The fourth-order valence-electron chi connectivity index (χ4n) is 11.6. The topological polar surface area (TPSA) is 38.4 Å². The second kappa shape index (κ2) is 15.7. The van der Waals surface area contributed by atoms with E-state index in [0.717, 1.165) is 44.8 Å². The van der Waals surface area contributed by atoms with E-state index in [-0.39, 0.29) is 5.92 Å². The molecule has 7 aromatic carbocycles. The first-order valence-electron chi connectivity index (χ1n) is 23.9. The van der Waals surface area contributed by atoms with Crippen molar-refractivity contribution in [3.8, 4) is 11.4 Å². The number of nitrogens with zero attached hydrogens (tertiary/aromatic N) is 5. The minimum absolute atomic E-state index is 0.0116. The smallest absolute Gasteiger partial charge is 0.145 e. The Balaban J connectivity index is 1.16. The molecule has 1 aliphatic rings. The van der Waals surface area contributed by atoms with Crippen LogP contribution in [0.25, 0.3) is 55.1 Å². The van der Waals surface area contributed by atoms with Gasteiger partial charge in [-0.2, -0.15) is 0 Å². The maximum atomic E-state index is 5.91. The predicted octanol–water partition coefficient (Wildman–Crippen LogP) is 15.6. The number of aryl methyl sites for hydroxylation is 5. The number of anilines is 1. The number of hydrogen-bond acceptors (Lipinski definition) is 3. The molecule has 0 unspecified atom stereocenters. The molecule has 0 aliphatic carbocycles. The summed E-state index contributed by atoms with van der Waals surface area (Å²) in [7, 11) is 0. The van der Waals surface area contributed by atoms with E-state index in [1.54, 1.807) is 0 Å². The quantitative estimate of drug-likeness (QED) is 0.153. The summed E-state index contributed by atoms with van der Waals surface area (Å²) in [6, 6.07) is 58.8. The van der Waals surface area contributed by atoms with E-state index in [2.05, 4.69) is 241 Å². The van der Waals surface area contributed by atoms with Gasteiger partial charge in [-0.3, -0.25) is 9.56 Å². The van der Waals surface area contributed by atoms with Crippen molar-refractivity contribution < 1.29 is 0 Å². The second-order valence-electron chi connectivity index (χ2n) is 20.2. The summed E-state index contributed by atoms with van der Waals surface area (Å²) in [6.45, 7) is 22.8. The van der Waals surface area contributed by atoms with Crippen molar-refractivity contribution in [2.45, 2.75) is 92.2 Å². The standard InChI is InChI=1S/C62H59N5/c1-38(2)46-26-30-53-52(35-46)50-22-17-31-63-60(50)65(53)48-27-28-49-51-34-39(3)23-29-54(51)66(56(49)37-48)55-36-47(25-24-41(55)5)59-64-61(8,9)62(10,67(59)58-42(6)32-40(4)33-43(58)7)57(44-18-13-11-14-19-44)45-20-15-12-16-21-45/h11-38,57H,1-10H3/t62-/m0/s1. The maximum Gasteiger partial charge on any atom is 0.145 e. The van der Waals surface area contributed by atoms with Crippen LogP contribution in [0.2, 0.25) is 0 Å². The Bertz CT molecular complexity index is 3540. The molecule has 0 fully saturated rings. The van der Waals surface area contributed by atoms with Crippen molar-refractivity contribution >= 4 is 55.3 Å². The molecule has 0 saturated carbocycles. The number of aliphatic imine (C=N–C) groups is 1. The van der Waals surface area contributed by atoms with Crippen LogP contribution < -0.4 is 4.90 Å². The van der Waals surface area contributed by atoms with Gasteiger partial charge < -0.3 is 9.47 Å². The summed E-state index contributed by atoms with van der Waals surface area (Å²) in [5, 5.41) is 4.85. The lowest BCUT2D eigenvalue weighted by Gasteiger charge is -2.50. The van der Waals surface area contributed by atoms with Crippen LogP contribution in [-0.4, -0.2) is 31.0 Å². The third-order valence-corrected chi connectivity index (χ3v) is 15.1. The molecule has 0 spiro atoms. The Hall–Kier alpha value is -7.24. The van der Waals surface area contributed by atoms with Gasteiger partial charge in [0.1, 0.15) is 11.5 Å². The molecule has 1 aliphatic heterocycles. The highest BCUT2D eigenvalue weighted by molar-refractivity contribution is 6.15. The van der Waals surface area contributed by atoms with Gasteiger partial charge in [-0.15, -0.1) is 0 Å². The first kappa shape index (κ1) is 42.4. The van der Waals surface area contributed by atoms with Crippen LogP contribution in [0.1, 0.15) is 96.5 Å². The maximum absolute atomic E-state index is 5.91. The van der Waals surface area contributed by atoms with Crippen molar-refractivity contribution in [3.63, 3.8) is 0 Å². The summed E-state index contributed by atoms with van der Waals surface area (Å²) >= 11 is 0. The van der Waals surface area contributed by atoms with E-state index < -0.39 is 11.1 Å². The highest BCUT2D eigenvalue weighted by atomic mass is 15.3. The van der Waals surface area contributed by atoms with Gasteiger partial charge >= 0.3 is 0 Å². The molecule has 0 saturated heterocycles. The molecular formula is C62H59N5. The zero-order chi connectivity index (χ0) is 46.5. The lowest BCUT2D eigenvalue weighted by Crippen LogP contribution is -2.60. The number of rotatable bonds is 8. The first-order chi connectivity index (χ1) is 32.2. The van der Waals surface area contributed by atoms with Gasteiger partial charge in [-0.05, 0) is 149 Å². The number of amidine groups is 1. The molecule has 0 N–H and O–H groups in total. The number of benzene rings is 7. The van der Waals surface area contributed by atoms with Gasteiger partial charge in [0.25, 0.3) is 0 Å². The minimum Gasteiger partial charge on any atom is -0.316 e. The van der Waals surface area contributed by atoms with Crippen LogP contribution in [0.15, 0.2) is 169 Å². The third kappa shape index (κ3) is 6.57. The Morgan fingerprint density at radius 3 is 1.84 bits per heavy atom. The Labute approximate surface area is 395 Å². The van der Waals surface area contributed by atoms with Crippen LogP contribution in [0.5, 0.6) is 0 Å². The Morgan fingerprint density at radius 2 is 1.15 bits per heavy atom. The zero-order valence-corrected chi connectivity index (χ0v) is 40.5.